The number of aliphatic hydroxyl groups is 1. The van der Waals surface area contributed by atoms with E-state index < -0.39 is 8.32 Å². The summed E-state index contributed by atoms with van der Waals surface area (Å²) in [5.41, 5.74) is 7.12. The molecule has 2 aromatic heterocycles. The Balaban J connectivity index is 2.07. The highest BCUT2D eigenvalue weighted by molar-refractivity contribution is 6.74. The quantitative estimate of drug-likeness (QED) is 0.784. The first kappa shape index (κ1) is 17.8. The molecule has 2 aromatic rings. The average molecular weight is 338 g/mol. The Hall–Kier alpha value is -1.51. The number of anilines is 1. The van der Waals surface area contributed by atoms with Crippen LogP contribution in [0.5, 0.6) is 0 Å². The molecule has 1 unspecified atom stereocenters. The van der Waals surface area contributed by atoms with E-state index in [-0.39, 0.29) is 17.7 Å². The van der Waals surface area contributed by atoms with Crippen molar-refractivity contribution >= 4 is 25.3 Å². The van der Waals surface area contributed by atoms with Gasteiger partial charge in [-0.05, 0) is 24.6 Å². The Morgan fingerprint density at radius 1 is 1.30 bits per heavy atom. The number of nitrogens with two attached hydrogens (primary N) is 1. The predicted molar refractivity (Wildman–Crippen MR) is 93.5 cm³/mol. The van der Waals surface area contributed by atoms with Crippen molar-refractivity contribution in [3.05, 3.63) is 12.7 Å². The number of aromatic nitrogens is 4. The van der Waals surface area contributed by atoms with E-state index in [1.54, 1.807) is 6.33 Å². The zero-order valence-corrected chi connectivity index (χ0v) is 15.6. The van der Waals surface area contributed by atoms with Gasteiger partial charge < -0.3 is 19.8 Å². The van der Waals surface area contributed by atoms with E-state index in [9.17, 15) is 5.11 Å². The van der Waals surface area contributed by atoms with Gasteiger partial charge in [-0.25, -0.2) is 15.0 Å². The van der Waals surface area contributed by atoms with Gasteiger partial charge in [0.05, 0.1) is 19.0 Å². The van der Waals surface area contributed by atoms with E-state index in [0.29, 0.717) is 29.9 Å². The number of hydrogen-bond donors (Lipinski definition) is 2. The van der Waals surface area contributed by atoms with Crippen molar-refractivity contribution in [1.82, 2.24) is 19.5 Å². The number of aliphatic hydroxyl groups excluding tert-OH is 1. The van der Waals surface area contributed by atoms with E-state index in [4.69, 9.17) is 10.2 Å². The second-order valence-electron chi connectivity index (χ2n) is 7.34. The summed E-state index contributed by atoms with van der Waals surface area (Å²) in [7, 11) is -1.90. The van der Waals surface area contributed by atoms with Gasteiger partial charge in [0, 0.05) is 6.54 Å². The molecule has 128 valence electrons. The van der Waals surface area contributed by atoms with Gasteiger partial charge in [-0.3, -0.25) is 0 Å². The molecule has 0 radical (unpaired) electrons. The van der Waals surface area contributed by atoms with Crippen LogP contribution in [0.25, 0.3) is 11.2 Å². The van der Waals surface area contributed by atoms with Crippen molar-refractivity contribution in [2.75, 3.05) is 12.3 Å². The van der Waals surface area contributed by atoms with Gasteiger partial charge in [0.2, 0.25) is 0 Å². The van der Waals surface area contributed by atoms with Crippen molar-refractivity contribution in [3.8, 4) is 0 Å². The average Bonchev–Trinajstić information content (AvgIpc) is 2.87. The maximum Gasteiger partial charge on any atom is 0.192 e. The van der Waals surface area contributed by atoms with Gasteiger partial charge in [-0.1, -0.05) is 20.8 Å². The molecule has 0 bridgehead atoms. The van der Waals surface area contributed by atoms with Crippen molar-refractivity contribution in [3.63, 3.8) is 0 Å². The number of imidazole rings is 1. The van der Waals surface area contributed by atoms with Gasteiger partial charge in [0.15, 0.2) is 19.8 Å². The molecule has 8 heteroatoms. The monoisotopic (exact) mass is 337 g/mol. The first-order valence-corrected chi connectivity index (χ1v) is 10.8. The molecular weight excluding hydrogens is 310 g/mol. The number of aryl methyl sites for hydroxylation is 1. The Bertz CT molecular complexity index is 665. The van der Waals surface area contributed by atoms with E-state index in [1.165, 1.54) is 6.33 Å². The van der Waals surface area contributed by atoms with Crippen molar-refractivity contribution in [2.24, 2.45) is 0 Å². The standard InChI is InChI=1S/C15H27N5O2Si/c1-15(2,3)23(4,5)22-11(8-21)6-7-20-10-19-12-13(16)17-9-18-14(12)20/h9-11,21H,6-8H2,1-5H3,(H2,16,17,18). The molecule has 2 rings (SSSR count). The molecule has 0 aliphatic carbocycles. The van der Waals surface area contributed by atoms with Crippen LogP contribution in [-0.2, 0) is 11.0 Å². The molecule has 23 heavy (non-hydrogen) atoms. The Morgan fingerprint density at radius 3 is 2.61 bits per heavy atom. The van der Waals surface area contributed by atoms with Gasteiger partial charge >= 0.3 is 0 Å². The number of hydrogen-bond acceptors (Lipinski definition) is 6. The van der Waals surface area contributed by atoms with Gasteiger partial charge in [-0.2, -0.15) is 0 Å². The lowest BCUT2D eigenvalue weighted by atomic mass is 10.2. The lowest BCUT2D eigenvalue weighted by Crippen LogP contribution is -2.45. The van der Waals surface area contributed by atoms with Gasteiger partial charge in [0.1, 0.15) is 11.8 Å². The number of fused-ring (bicyclic) bond motifs is 1. The first-order chi connectivity index (χ1) is 10.7. The second kappa shape index (κ2) is 6.54. The lowest BCUT2D eigenvalue weighted by Gasteiger charge is -2.39. The highest BCUT2D eigenvalue weighted by Gasteiger charge is 2.38. The molecule has 0 amide bonds. The van der Waals surface area contributed by atoms with Crippen LogP contribution in [0.15, 0.2) is 12.7 Å². The smallest absolute Gasteiger partial charge is 0.192 e. The summed E-state index contributed by atoms with van der Waals surface area (Å²) in [6, 6.07) is 0. The minimum absolute atomic E-state index is 0.0102. The number of nitrogen functional groups attached to an aromatic ring is 1. The topological polar surface area (TPSA) is 99.1 Å². The Labute approximate surface area is 138 Å². The van der Waals surface area contributed by atoms with E-state index >= 15 is 0 Å². The molecule has 0 aliphatic heterocycles. The lowest BCUT2D eigenvalue weighted by molar-refractivity contribution is 0.0926. The fraction of sp³-hybridized carbons (Fsp3) is 0.667. The Kier molecular flexibility index (Phi) is 5.07. The third-order valence-corrected chi connectivity index (χ3v) is 9.13. The number of nitrogens with zero attached hydrogens (tertiary/aromatic N) is 4. The maximum absolute atomic E-state index is 9.67. The van der Waals surface area contributed by atoms with Crippen LogP contribution in [0.2, 0.25) is 18.1 Å². The van der Waals surface area contributed by atoms with Crippen molar-refractivity contribution in [1.29, 1.82) is 0 Å². The number of rotatable bonds is 6. The fourth-order valence-corrected chi connectivity index (χ4v) is 3.51. The molecule has 0 aliphatic rings. The SMILES string of the molecule is CC(C)(C)[Si](C)(C)OC(CO)CCn1cnc2c(N)ncnc21. The summed E-state index contributed by atoms with van der Waals surface area (Å²) in [5, 5.41) is 9.78. The molecule has 0 aromatic carbocycles. The molecule has 0 spiro atoms. The van der Waals surface area contributed by atoms with Crippen LogP contribution in [0.1, 0.15) is 27.2 Å². The van der Waals surface area contributed by atoms with Crippen LogP contribution < -0.4 is 5.73 Å². The van der Waals surface area contributed by atoms with Crippen molar-refractivity contribution < 1.29 is 9.53 Å². The highest BCUT2D eigenvalue weighted by atomic mass is 28.4. The van der Waals surface area contributed by atoms with Crippen LogP contribution in [0.3, 0.4) is 0 Å². The fourth-order valence-electron chi connectivity index (χ4n) is 2.13. The second-order valence-corrected chi connectivity index (χ2v) is 12.1. The summed E-state index contributed by atoms with van der Waals surface area (Å²) in [6.07, 6.45) is 3.65. The Morgan fingerprint density at radius 2 is 2.00 bits per heavy atom. The van der Waals surface area contributed by atoms with E-state index in [1.807, 2.05) is 4.57 Å². The summed E-state index contributed by atoms with van der Waals surface area (Å²) in [4.78, 5) is 12.4. The van der Waals surface area contributed by atoms with E-state index in [2.05, 4.69) is 48.8 Å². The normalized spacial score (nSPS) is 14.3. The molecule has 3 N–H and O–H groups in total. The summed E-state index contributed by atoms with van der Waals surface area (Å²) < 4.78 is 8.20. The molecule has 0 saturated carbocycles. The minimum atomic E-state index is -1.90. The largest absolute Gasteiger partial charge is 0.412 e. The summed E-state index contributed by atoms with van der Waals surface area (Å²) in [5.74, 6) is 0.380. The first-order valence-electron chi connectivity index (χ1n) is 7.85. The highest BCUT2D eigenvalue weighted by Crippen LogP contribution is 2.37. The van der Waals surface area contributed by atoms with Crippen LogP contribution >= 0.6 is 0 Å². The summed E-state index contributed by atoms with van der Waals surface area (Å²) in [6.45, 7) is 11.6. The summed E-state index contributed by atoms with van der Waals surface area (Å²) >= 11 is 0. The maximum atomic E-state index is 9.67. The van der Waals surface area contributed by atoms with Gasteiger partial charge in [0.25, 0.3) is 0 Å². The molecule has 0 fully saturated rings. The van der Waals surface area contributed by atoms with Crippen LogP contribution in [0.4, 0.5) is 5.82 Å². The van der Waals surface area contributed by atoms with Crippen molar-refractivity contribution in [2.45, 2.75) is 58.0 Å². The molecule has 1 atom stereocenters. The molecular formula is C15H27N5O2Si. The molecule has 2 heterocycles. The van der Waals surface area contributed by atoms with Crippen LogP contribution in [-0.4, -0.2) is 45.7 Å². The van der Waals surface area contributed by atoms with Gasteiger partial charge in [-0.15, -0.1) is 0 Å². The van der Waals surface area contributed by atoms with Crippen LogP contribution in [0, 0.1) is 0 Å². The predicted octanol–water partition coefficient (Wildman–Crippen LogP) is 2.18. The third-order valence-electron chi connectivity index (χ3n) is 4.59. The van der Waals surface area contributed by atoms with E-state index in [0.717, 1.165) is 0 Å². The molecule has 7 nitrogen and oxygen atoms in total. The third kappa shape index (κ3) is 3.88. The zero-order chi connectivity index (χ0) is 17.3. The minimum Gasteiger partial charge on any atom is -0.412 e. The zero-order valence-electron chi connectivity index (χ0n) is 14.6. The molecule has 0 saturated heterocycles.